The van der Waals surface area contributed by atoms with Crippen LogP contribution in [0.5, 0.6) is 0 Å². The Morgan fingerprint density at radius 1 is 1.29 bits per heavy atom. The minimum atomic E-state index is -4.05. The van der Waals surface area contributed by atoms with Gasteiger partial charge in [0.05, 0.1) is 10.5 Å². The van der Waals surface area contributed by atoms with Gasteiger partial charge in [0.1, 0.15) is 6.04 Å². The van der Waals surface area contributed by atoms with Crippen molar-refractivity contribution in [1.82, 2.24) is 4.72 Å². The molecule has 0 aromatic heterocycles. The second kappa shape index (κ2) is 6.23. The van der Waals surface area contributed by atoms with E-state index in [1.807, 2.05) is 0 Å². The second-order valence-corrected chi connectivity index (χ2v) is 6.66. The Kier molecular flexibility index (Phi) is 5.08. The number of hydrogen-bond acceptors (Lipinski definition) is 4. The van der Waals surface area contributed by atoms with Gasteiger partial charge in [-0.05, 0) is 30.5 Å². The summed E-state index contributed by atoms with van der Waals surface area (Å²) in [4.78, 5) is 22.2. The molecular weight excluding hydrogens is 296 g/mol. The maximum Gasteiger partial charge on any atom is 0.335 e. The van der Waals surface area contributed by atoms with E-state index >= 15 is 0 Å². The van der Waals surface area contributed by atoms with Crippen molar-refractivity contribution < 1.29 is 23.1 Å². The number of carbonyl (C=O) groups is 2. The van der Waals surface area contributed by atoms with Crippen molar-refractivity contribution in [2.75, 3.05) is 0 Å². The van der Waals surface area contributed by atoms with Crippen LogP contribution in [0.15, 0.2) is 23.1 Å². The molecular formula is C13H18N2O5S. The van der Waals surface area contributed by atoms with Crippen LogP contribution in [-0.4, -0.2) is 31.4 Å². The minimum absolute atomic E-state index is 0.101. The van der Waals surface area contributed by atoms with E-state index in [9.17, 15) is 18.0 Å². The Bertz CT molecular complexity index is 667. The molecule has 7 nitrogen and oxygen atoms in total. The van der Waals surface area contributed by atoms with E-state index in [1.165, 1.54) is 25.1 Å². The molecule has 0 aliphatic carbocycles. The number of hydrogen-bond donors (Lipinski definition) is 3. The van der Waals surface area contributed by atoms with E-state index in [-0.39, 0.29) is 21.9 Å². The summed E-state index contributed by atoms with van der Waals surface area (Å²) < 4.78 is 26.9. The number of sulfonamides is 1. The lowest BCUT2D eigenvalue weighted by atomic mass is 10.1. The number of carboxylic acids is 1. The molecule has 0 fully saturated rings. The van der Waals surface area contributed by atoms with Gasteiger partial charge in [-0.15, -0.1) is 0 Å². The van der Waals surface area contributed by atoms with Gasteiger partial charge < -0.3 is 10.8 Å². The van der Waals surface area contributed by atoms with E-state index in [0.29, 0.717) is 0 Å². The molecule has 1 amide bonds. The lowest BCUT2D eigenvalue weighted by Gasteiger charge is -2.20. The summed E-state index contributed by atoms with van der Waals surface area (Å²) in [6.45, 7) is 4.70. The summed E-state index contributed by atoms with van der Waals surface area (Å²) in [6, 6.07) is 2.86. The van der Waals surface area contributed by atoms with E-state index in [2.05, 4.69) is 4.72 Å². The third-order valence-electron chi connectivity index (χ3n) is 3.06. The average Bonchev–Trinajstić information content (AvgIpc) is 2.35. The van der Waals surface area contributed by atoms with Crippen molar-refractivity contribution in [1.29, 1.82) is 0 Å². The van der Waals surface area contributed by atoms with Crippen LogP contribution in [0.3, 0.4) is 0 Å². The molecule has 0 bridgehead atoms. The van der Waals surface area contributed by atoms with Gasteiger partial charge in [-0.1, -0.05) is 19.9 Å². The van der Waals surface area contributed by atoms with Gasteiger partial charge >= 0.3 is 5.97 Å². The molecule has 1 unspecified atom stereocenters. The highest BCUT2D eigenvalue weighted by Crippen LogP contribution is 2.20. The van der Waals surface area contributed by atoms with Crippen LogP contribution in [-0.2, 0) is 14.8 Å². The number of benzene rings is 1. The largest absolute Gasteiger partial charge is 0.478 e. The van der Waals surface area contributed by atoms with E-state index in [4.69, 9.17) is 10.8 Å². The standard InChI is InChI=1S/C13H18N2O5S/c1-7(2)11(12(14)16)15-21(19,20)10-6-4-5-9(8(10)3)13(17)18/h4-7,11,15H,1-3H3,(H2,14,16)(H,17,18). The number of amides is 1. The van der Waals surface area contributed by atoms with Crippen LogP contribution in [0.2, 0.25) is 0 Å². The van der Waals surface area contributed by atoms with E-state index in [0.717, 1.165) is 0 Å². The van der Waals surface area contributed by atoms with Crippen LogP contribution in [0.1, 0.15) is 29.8 Å². The quantitative estimate of drug-likeness (QED) is 0.704. The van der Waals surface area contributed by atoms with Crippen molar-refractivity contribution in [3.63, 3.8) is 0 Å². The molecule has 1 aromatic rings. The topological polar surface area (TPSA) is 127 Å². The van der Waals surface area contributed by atoms with Gasteiger partial charge in [-0.3, -0.25) is 4.79 Å². The van der Waals surface area contributed by atoms with Crippen molar-refractivity contribution in [2.24, 2.45) is 11.7 Å². The van der Waals surface area contributed by atoms with Gasteiger partial charge in [0.15, 0.2) is 0 Å². The number of carbonyl (C=O) groups excluding carboxylic acids is 1. The lowest BCUT2D eigenvalue weighted by molar-refractivity contribution is -0.120. The van der Waals surface area contributed by atoms with Gasteiger partial charge in [-0.25, -0.2) is 13.2 Å². The number of primary amides is 1. The molecule has 116 valence electrons. The molecule has 8 heteroatoms. The molecule has 0 heterocycles. The number of aromatic carboxylic acids is 1. The zero-order chi connectivity index (χ0) is 16.4. The highest BCUT2D eigenvalue weighted by atomic mass is 32.2. The van der Waals surface area contributed by atoms with Crippen LogP contribution in [0.25, 0.3) is 0 Å². The zero-order valence-corrected chi connectivity index (χ0v) is 12.8. The number of carboxylic acid groups (broad SMARTS) is 1. The van der Waals surface area contributed by atoms with Gasteiger partial charge in [-0.2, -0.15) is 4.72 Å². The Labute approximate surface area is 123 Å². The minimum Gasteiger partial charge on any atom is -0.478 e. The molecule has 0 saturated carbocycles. The molecule has 4 N–H and O–H groups in total. The highest BCUT2D eigenvalue weighted by Gasteiger charge is 2.28. The van der Waals surface area contributed by atoms with Crippen molar-refractivity contribution in [2.45, 2.75) is 31.7 Å². The molecule has 1 rings (SSSR count). The summed E-state index contributed by atoms with van der Waals surface area (Å²) in [5.74, 6) is -2.35. The van der Waals surface area contributed by atoms with Crippen molar-refractivity contribution in [3.8, 4) is 0 Å². The van der Waals surface area contributed by atoms with Crippen molar-refractivity contribution in [3.05, 3.63) is 29.3 Å². The monoisotopic (exact) mass is 314 g/mol. The Morgan fingerprint density at radius 2 is 1.86 bits per heavy atom. The fraction of sp³-hybridized carbons (Fsp3) is 0.385. The third-order valence-corrected chi connectivity index (χ3v) is 4.64. The van der Waals surface area contributed by atoms with Crippen LogP contribution in [0.4, 0.5) is 0 Å². The molecule has 0 saturated heterocycles. The SMILES string of the molecule is Cc1c(C(=O)O)cccc1S(=O)(=O)NC(C(N)=O)C(C)C. The first-order valence-corrected chi connectivity index (χ1v) is 7.70. The van der Waals surface area contributed by atoms with Gasteiger partial charge in [0, 0.05) is 0 Å². The fourth-order valence-corrected chi connectivity index (χ4v) is 3.51. The molecule has 0 aliphatic rings. The summed E-state index contributed by atoms with van der Waals surface area (Å²) >= 11 is 0. The van der Waals surface area contributed by atoms with Gasteiger partial charge in [0.2, 0.25) is 15.9 Å². The first kappa shape index (κ1) is 17.1. The van der Waals surface area contributed by atoms with E-state index < -0.39 is 27.9 Å². The zero-order valence-electron chi connectivity index (χ0n) is 12.0. The average molecular weight is 314 g/mol. The molecule has 0 spiro atoms. The Balaban J connectivity index is 3.29. The van der Waals surface area contributed by atoms with Crippen LogP contribution < -0.4 is 10.5 Å². The Morgan fingerprint density at radius 3 is 2.29 bits per heavy atom. The molecule has 1 atom stereocenters. The van der Waals surface area contributed by atoms with Gasteiger partial charge in [0.25, 0.3) is 0 Å². The van der Waals surface area contributed by atoms with E-state index in [1.54, 1.807) is 13.8 Å². The number of nitrogens with one attached hydrogen (secondary N) is 1. The van der Waals surface area contributed by atoms with Crippen LogP contribution >= 0.6 is 0 Å². The fourth-order valence-electron chi connectivity index (χ4n) is 1.89. The summed E-state index contributed by atoms with van der Waals surface area (Å²) in [6.07, 6.45) is 0. The summed E-state index contributed by atoms with van der Waals surface area (Å²) in [5, 5.41) is 9.02. The summed E-state index contributed by atoms with van der Waals surface area (Å²) in [7, 11) is -4.05. The third kappa shape index (κ3) is 3.79. The smallest absolute Gasteiger partial charge is 0.335 e. The maximum atomic E-state index is 12.3. The van der Waals surface area contributed by atoms with Crippen LogP contribution in [0, 0.1) is 12.8 Å². The Hall–Kier alpha value is -1.93. The predicted octanol–water partition coefficient (Wildman–Crippen LogP) is 0.481. The first-order chi connectivity index (χ1) is 9.58. The summed E-state index contributed by atoms with van der Waals surface area (Å²) in [5.41, 5.74) is 5.17. The normalized spacial score (nSPS) is 13.1. The molecule has 0 aliphatic heterocycles. The molecule has 21 heavy (non-hydrogen) atoms. The van der Waals surface area contributed by atoms with Crippen molar-refractivity contribution >= 4 is 21.9 Å². The lowest BCUT2D eigenvalue weighted by Crippen LogP contribution is -2.47. The molecule has 1 aromatic carbocycles. The highest BCUT2D eigenvalue weighted by molar-refractivity contribution is 7.89. The predicted molar refractivity (Wildman–Crippen MR) is 76.3 cm³/mol. The maximum absolute atomic E-state index is 12.3. The molecule has 0 radical (unpaired) electrons. The number of nitrogens with two attached hydrogens (primary N) is 1. The number of rotatable bonds is 6. The first-order valence-electron chi connectivity index (χ1n) is 6.22. The second-order valence-electron chi connectivity index (χ2n) is 4.98.